The van der Waals surface area contributed by atoms with Crippen molar-refractivity contribution in [3.05, 3.63) is 59.0 Å². The summed E-state index contributed by atoms with van der Waals surface area (Å²) in [6, 6.07) is 9.55. The van der Waals surface area contributed by atoms with E-state index in [2.05, 4.69) is 10.1 Å². The Bertz CT molecular complexity index is 662. The Morgan fingerprint density at radius 3 is 2.59 bits per heavy atom. The van der Waals surface area contributed by atoms with Gasteiger partial charge in [-0.3, -0.25) is 10.1 Å². The Labute approximate surface area is 127 Å². The minimum atomic E-state index is -0.984. The van der Waals surface area contributed by atoms with Crippen molar-refractivity contribution in [2.45, 2.75) is 19.5 Å². The van der Waals surface area contributed by atoms with Gasteiger partial charge in [0.2, 0.25) is 0 Å². The molecule has 0 spiro atoms. The Morgan fingerprint density at radius 1 is 1.32 bits per heavy atom. The number of hydrogen-bond donors (Lipinski definition) is 2. The summed E-state index contributed by atoms with van der Waals surface area (Å²) in [5.41, 5.74) is 0.984. The molecule has 1 heterocycles. The first kappa shape index (κ1) is 15.8. The van der Waals surface area contributed by atoms with Gasteiger partial charge in [-0.15, -0.1) is 0 Å². The molecule has 2 N–H and O–H groups in total. The van der Waals surface area contributed by atoms with Gasteiger partial charge in [0.1, 0.15) is 23.1 Å². The zero-order valence-electron chi connectivity index (χ0n) is 12.3. The minimum absolute atomic E-state index is 0.184. The molecule has 0 bridgehead atoms. The summed E-state index contributed by atoms with van der Waals surface area (Å²) >= 11 is 0. The highest BCUT2D eigenvalue weighted by atomic mass is 16.5. The molecule has 1 atom stereocenters. The molecule has 0 aliphatic carbocycles. The van der Waals surface area contributed by atoms with E-state index in [4.69, 9.17) is 4.42 Å². The van der Waals surface area contributed by atoms with E-state index in [1.165, 1.54) is 7.11 Å². The van der Waals surface area contributed by atoms with Gasteiger partial charge in [-0.25, -0.2) is 4.79 Å². The molecule has 0 fully saturated rings. The lowest BCUT2D eigenvalue weighted by Crippen LogP contribution is -2.27. The highest BCUT2D eigenvalue weighted by Crippen LogP contribution is 2.18. The highest BCUT2D eigenvalue weighted by Gasteiger charge is 2.21. The molecule has 22 heavy (non-hydrogen) atoms. The van der Waals surface area contributed by atoms with E-state index in [-0.39, 0.29) is 6.54 Å². The second-order valence-electron chi connectivity index (χ2n) is 4.74. The first-order valence-electron chi connectivity index (χ1n) is 6.71. The van der Waals surface area contributed by atoms with Crippen molar-refractivity contribution < 1.29 is 23.8 Å². The van der Waals surface area contributed by atoms with Crippen molar-refractivity contribution in [1.82, 2.24) is 5.32 Å². The Kier molecular flexibility index (Phi) is 4.95. The van der Waals surface area contributed by atoms with Crippen molar-refractivity contribution >= 4 is 11.9 Å². The fourth-order valence-electron chi connectivity index (χ4n) is 2.14. The molecule has 116 valence electrons. The fourth-order valence-corrected chi connectivity index (χ4v) is 2.14. The van der Waals surface area contributed by atoms with Gasteiger partial charge in [0, 0.05) is 0 Å². The number of carbonyl (C=O) groups excluding carboxylic acids is 1. The largest absolute Gasteiger partial charge is 0.480 e. The third-order valence-electron chi connectivity index (χ3n) is 3.23. The molecular weight excluding hydrogens is 286 g/mol. The van der Waals surface area contributed by atoms with E-state index in [1.54, 1.807) is 37.3 Å². The highest BCUT2D eigenvalue weighted by molar-refractivity contribution is 5.90. The molecule has 0 saturated carbocycles. The molecule has 0 amide bonds. The van der Waals surface area contributed by atoms with Crippen LogP contribution in [-0.4, -0.2) is 24.2 Å². The van der Waals surface area contributed by atoms with E-state index < -0.39 is 18.0 Å². The number of carboxylic acid groups (broad SMARTS) is 1. The number of esters is 1. The average Bonchev–Trinajstić information content (AvgIpc) is 2.88. The van der Waals surface area contributed by atoms with Gasteiger partial charge in [-0.2, -0.15) is 0 Å². The number of ether oxygens (including phenoxy) is 1. The van der Waals surface area contributed by atoms with Crippen LogP contribution in [0.5, 0.6) is 0 Å². The molecule has 0 aliphatic rings. The van der Waals surface area contributed by atoms with Gasteiger partial charge < -0.3 is 14.3 Å². The standard InChI is InChI=1S/C16H17NO5/c1-10-13(16(20)21-2)8-12(22-10)9-17-14(15(18)19)11-6-4-3-5-7-11/h3-8,14,17H,9H2,1-2H3,(H,18,19)/t14-/m0/s1. The van der Waals surface area contributed by atoms with Gasteiger partial charge in [-0.05, 0) is 18.6 Å². The van der Waals surface area contributed by atoms with E-state index >= 15 is 0 Å². The number of carboxylic acids is 1. The molecule has 0 aliphatic heterocycles. The number of hydrogen-bond acceptors (Lipinski definition) is 5. The summed E-state index contributed by atoms with van der Waals surface area (Å²) in [7, 11) is 1.29. The number of rotatable bonds is 6. The molecule has 0 unspecified atom stereocenters. The average molecular weight is 303 g/mol. The van der Waals surface area contributed by atoms with Crippen LogP contribution in [0.25, 0.3) is 0 Å². The number of furan rings is 1. The SMILES string of the molecule is COC(=O)c1cc(CN[C@H](C(=O)O)c2ccccc2)oc1C. The summed E-state index contributed by atoms with van der Waals surface area (Å²) in [4.78, 5) is 22.9. The fraction of sp³-hybridized carbons (Fsp3) is 0.250. The van der Waals surface area contributed by atoms with Crippen molar-refractivity contribution in [2.24, 2.45) is 0 Å². The van der Waals surface area contributed by atoms with Crippen LogP contribution in [0.2, 0.25) is 0 Å². The number of methoxy groups -OCH3 is 1. The molecule has 0 radical (unpaired) electrons. The van der Waals surface area contributed by atoms with E-state index in [0.717, 1.165) is 0 Å². The smallest absolute Gasteiger partial charge is 0.341 e. The first-order chi connectivity index (χ1) is 10.5. The number of aliphatic carboxylic acids is 1. The maximum Gasteiger partial charge on any atom is 0.341 e. The summed E-state index contributed by atoms with van der Waals surface area (Å²) in [6.07, 6.45) is 0. The van der Waals surface area contributed by atoms with Crippen LogP contribution in [0.4, 0.5) is 0 Å². The first-order valence-corrected chi connectivity index (χ1v) is 6.71. The monoisotopic (exact) mass is 303 g/mol. The summed E-state index contributed by atoms with van der Waals surface area (Å²) < 4.78 is 10.1. The topological polar surface area (TPSA) is 88.8 Å². The number of nitrogens with one attached hydrogen (secondary N) is 1. The second-order valence-corrected chi connectivity index (χ2v) is 4.74. The third kappa shape index (κ3) is 3.53. The third-order valence-corrected chi connectivity index (χ3v) is 3.23. The van der Waals surface area contributed by atoms with Crippen LogP contribution in [0.15, 0.2) is 40.8 Å². The predicted octanol–water partition coefficient (Wildman–Crippen LogP) is 2.29. The molecule has 0 saturated heterocycles. The maximum absolute atomic E-state index is 11.5. The van der Waals surface area contributed by atoms with E-state index in [1.807, 2.05) is 6.07 Å². The van der Waals surface area contributed by atoms with E-state index in [9.17, 15) is 14.7 Å². The van der Waals surface area contributed by atoms with Gasteiger partial charge >= 0.3 is 11.9 Å². The number of aryl methyl sites for hydroxylation is 1. The Hall–Kier alpha value is -2.60. The molecular formula is C16H17NO5. The number of benzene rings is 1. The molecule has 6 nitrogen and oxygen atoms in total. The molecule has 1 aromatic heterocycles. The Morgan fingerprint density at radius 2 is 2.00 bits per heavy atom. The number of carbonyl (C=O) groups is 2. The zero-order chi connectivity index (χ0) is 16.1. The summed E-state index contributed by atoms with van der Waals surface area (Å²) in [6.45, 7) is 1.84. The normalized spacial score (nSPS) is 11.9. The van der Waals surface area contributed by atoms with Crippen molar-refractivity contribution in [1.29, 1.82) is 0 Å². The van der Waals surface area contributed by atoms with Crippen molar-refractivity contribution in [3.8, 4) is 0 Å². The van der Waals surface area contributed by atoms with Crippen molar-refractivity contribution in [2.75, 3.05) is 7.11 Å². The Balaban J connectivity index is 2.11. The summed E-state index contributed by atoms with van der Waals surface area (Å²) in [5.74, 6) is -0.552. The molecule has 2 aromatic rings. The molecule has 2 rings (SSSR count). The lowest BCUT2D eigenvalue weighted by molar-refractivity contribution is -0.139. The van der Waals surface area contributed by atoms with E-state index in [0.29, 0.717) is 22.6 Å². The van der Waals surface area contributed by atoms with Crippen LogP contribution in [0.1, 0.15) is 33.5 Å². The van der Waals surface area contributed by atoms with Gasteiger partial charge in [-0.1, -0.05) is 30.3 Å². The lowest BCUT2D eigenvalue weighted by Gasteiger charge is -2.13. The van der Waals surface area contributed by atoms with Crippen LogP contribution in [-0.2, 0) is 16.1 Å². The van der Waals surface area contributed by atoms with Crippen LogP contribution >= 0.6 is 0 Å². The lowest BCUT2D eigenvalue weighted by atomic mass is 10.1. The maximum atomic E-state index is 11.5. The van der Waals surface area contributed by atoms with Gasteiger partial charge in [0.25, 0.3) is 0 Å². The predicted molar refractivity (Wildman–Crippen MR) is 78.4 cm³/mol. The zero-order valence-corrected chi connectivity index (χ0v) is 12.3. The quantitative estimate of drug-likeness (QED) is 0.796. The molecule has 1 aromatic carbocycles. The minimum Gasteiger partial charge on any atom is -0.480 e. The second kappa shape index (κ2) is 6.91. The van der Waals surface area contributed by atoms with Crippen LogP contribution in [0, 0.1) is 6.92 Å². The van der Waals surface area contributed by atoms with Crippen molar-refractivity contribution in [3.63, 3.8) is 0 Å². The summed E-state index contributed by atoms with van der Waals surface area (Å²) in [5, 5.41) is 12.2. The molecule has 6 heteroatoms. The van der Waals surface area contributed by atoms with Gasteiger partial charge in [0.15, 0.2) is 0 Å². The van der Waals surface area contributed by atoms with Crippen LogP contribution < -0.4 is 5.32 Å². The van der Waals surface area contributed by atoms with Gasteiger partial charge in [0.05, 0.1) is 13.7 Å². The van der Waals surface area contributed by atoms with Crippen LogP contribution in [0.3, 0.4) is 0 Å².